The Hall–Kier alpha value is -3.34. The van der Waals surface area contributed by atoms with Crippen LogP contribution in [0.4, 0.5) is 5.69 Å². The van der Waals surface area contributed by atoms with Crippen LogP contribution in [0.2, 0.25) is 0 Å². The van der Waals surface area contributed by atoms with Crippen molar-refractivity contribution >= 4 is 17.5 Å². The van der Waals surface area contributed by atoms with E-state index in [0.717, 1.165) is 29.7 Å². The minimum absolute atomic E-state index is 0.0439. The van der Waals surface area contributed by atoms with Crippen LogP contribution in [-0.2, 0) is 25.6 Å². The van der Waals surface area contributed by atoms with E-state index in [-0.39, 0.29) is 43.7 Å². The molecule has 2 saturated heterocycles. The first-order valence-electron chi connectivity index (χ1n) is 13.2. The monoisotopic (exact) mass is 524 g/mol. The Kier molecular flexibility index (Phi) is 7.10. The molecule has 0 spiro atoms. The first-order valence-corrected chi connectivity index (χ1v) is 13.2. The third kappa shape index (κ3) is 5.16. The smallest absolute Gasteiger partial charge is 0.231 e. The third-order valence-electron chi connectivity index (χ3n) is 7.68. The molecule has 0 aliphatic carbocycles. The van der Waals surface area contributed by atoms with E-state index in [1.807, 2.05) is 36.4 Å². The lowest BCUT2D eigenvalue weighted by molar-refractivity contribution is -0.148. The second-order valence-electron chi connectivity index (χ2n) is 10.2. The molecule has 10 heteroatoms. The van der Waals surface area contributed by atoms with E-state index in [1.165, 1.54) is 0 Å². The molecular weight excluding hydrogens is 492 g/mol. The summed E-state index contributed by atoms with van der Waals surface area (Å²) >= 11 is 0. The van der Waals surface area contributed by atoms with Gasteiger partial charge in [0, 0.05) is 36.6 Å². The van der Waals surface area contributed by atoms with Crippen molar-refractivity contribution in [1.82, 2.24) is 5.32 Å². The molecular formula is C28H32N2O8. The van der Waals surface area contributed by atoms with Gasteiger partial charge in [-0.15, -0.1) is 0 Å². The molecule has 202 valence electrons. The van der Waals surface area contributed by atoms with Crippen LogP contribution in [0.1, 0.15) is 42.7 Å². The maximum absolute atomic E-state index is 13.2. The number of carbonyl (C=O) groups excluding carboxylic acids is 2. The number of hydrogen-bond donors (Lipinski definition) is 3. The SMILES string of the molecule is O=C(C[C@@H]1C[C@@H]2c3cc(ccc3OC3CCOCC3)NC(=O)[C@@H]2[C@H](CO)O1)NCc1ccc2c(c1)OCO2. The molecule has 0 unspecified atom stereocenters. The van der Waals surface area contributed by atoms with Crippen LogP contribution in [0.3, 0.4) is 0 Å². The van der Waals surface area contributed by atoms with Crippen LogP contribution in [0.25, 0.3) is 0 Å². The van der Waals surface area contributed by atoms with Crippen LogP contribution in [0, 0.1) is 5.92 Å². The Morgan fingerprint density at radius 3 is 2.79 bits per heavy atom. The van der Waals surface area contributed by atoms with Crippen molar-refractivity contribution < 1.29 is 38.4 Å². The highest BCUT2D eigenvalue weighted by atomic mass is 16.7. The minimum Gasteiger partial charge on any atom is -0.490 e. The summed E-state index contributed by atoms with van der Waals surface area (Å²) in [6, 6.07) is 11.2. The van der Waals surface area contributed by atoms with Crippen molar-refractivity contribution in [1.29, 1.82) is 0 Å². The minimum atomic E-state index is -0.731. The summed E-state index contributed by atoms with van der Waals surface area (Å²) in [5, 5.41) is 16.1. The van der Waals surface area contributed by atoms with Crippen molar-refractivity contribution in [2.24, 2.45) is 5.92 Å². The van der Waals surface area contributed by atoms with Gasteiger partial charge in [0.1, 0.15) is 11.9 Å². The lowest BCUT2D eigenvalue weighted by atomic mass is 9.76. The molecule has 2 fully saturated rings. The van der Waals surface area contributed by atoms with Crippen molar-refractivity contribution in [3.8, 4) is 17.2 Å². The van der Waals surface area contributed by atoms with Crippen LogP contribution in [0.15, 0.2) is 36.4 Å². The summed E-state index contributed by atoms with van der Waals surface area (Å²) in [6.45, 7) is 1.53. The number of hydrogen-bond acceptors (Lipinski definition) is 8. The number of anilines is 1. The average Bonchev–Trinajstić information content (AvgIpc) is 3.37. The topological polar surface area (TPSA) is 125 Å². The average molecular weight is 525 g/mol. The summed E-state index contributed by atoms with van der Waals surface area (Å²) in [7, 11) is 0. The first-order chi connectivity index (χ1) is 18.6. The van der Waals surface area contributed by atoms with Crippen LogP contribution < -0.4 is 24.8 Å². The zero-order valence-corrected chi connectivity index (χ0v) is 21.0. The molecule has 4 aliphatic rings. The molecule has 4 aliphatic heterocycles. The van der Waals surface area contributed by atoms with Gasteiger partial charge in [0.2, 0.25) is 18.6 Å². The second-order valence-corrected chi connectivity index (χ2v) is 10.2. The summed E-state index contributed by atoms with van der Waals surface area (Å²) in [6.07, 6.45) is 1.03. The number of benzene rings is 2. The highest BCUT2D eigenvalue weighted by Gasteiger charge is 2.46. The van der Waals surface area contributed by atoms with Crippen molar-refractivity contribution in [3.63, 3.8) is 0 Å². The van der Waals surface area contributed by atoms with Gasteiger partial charge in [-0.05, 0) is 42.3 Å². The molecule has 0 saturated carbocycles. The Morgan fingerprint density at radius 2 is 1.95 bits per heavy atom. The molecule has 2 bridgehead atoms. The van der Waals surface area contributed by atoms with Gasteiger partial charge >= 0.3 is 0 Å². The highest BCUT2D eigenvalue weighted by molar-refractivity contribution is 5.95. The van der Waals surface area contributed by atoms with E-state index in [4.69, 9.17) is 23.7 Å². The highest BCUT2D eigenvalue weighted by Crippen LogP contribution is 2.46. The molecule has 0 radical (unpaired) electrons. The Bertz CT molecular complexity index is 1200. The van der Waals surface area contributed by atoms with Gasteiger partial charge in [-0.25, -0.2) is 0 Å². The second kappa shape index (κ2) is 10.8. The van der Waals surface area contributed by atoms with E-state index < -0.39 is 18.1 Å². The van der Waals surface area contributed by atoms with E-state index in [9.17, 15) is 14.7 Å². The molecule has 6 rings (SSSR count). The zero-order chi connectivity index (χ0) is 26.1. The summed E-state index contributed by atoms with van der Waals surface area (Å²) in [4.78, 5) is 26.1. The quantitative estimate of drug-likeness (QED) is 0.505. The van der Waals surface area contributed by atoms with Gasteiger partial charge < -0.3 is 39.4 Å². The van der Waals surface area contributed by atoms with Gasteiger partial charge in [-0.2, -0.15) is 0 Å². The molecule has 0 aromatic heterocycles. The van der Waals surface area contributed by atoms with E-state index in [1.54, 1.807) is 0 Å². The fraction of sp³-hybridized carbons (Fsp3) is 0.500. The largest absolute Gasteiger partial charge is 0.490 e. The fourth-order valence-electron chi connectivity index (χ4n) is 5.79. The van der Waals surface area contributed by atoms with Gasteiger partial charge in [-0.1, -0.05) is 6.07 Å². The van der Waals surface area contributed by atoms with Crippen molar-refractivity contribution in [2.75, 3.05) is 31.9 Å². The number of fused-ring (bicyclic) bond motifs is 5. The molecule has 38 heavy (non-hydrogen) atoms. The third-order valence-corrected chi connectivity index (χ3v) is 7.68. The van der Waals surface area contributed by atoms with Gasteiger partial charge in [0.25, 0.3) is 0 Å². The maximum Gasteiger partial charge on any atom is 0.231 e. The van der Waals surface area contributed by atoms with Crippen LogP contribution in [0.5, 0.6) is 17.2 Å². The summed E-state index contributed by atoms with van der Waals surface area (Å²) < 4.78 is 28.7. The lowest BCUT2D eigenvalue weighted by Gasteiger charge is -2.40. The van der Waals surface area contributed by atoms with Crippen molar-refractivity contribution in [3.05, 3.63) is 47.5 Å². The fourth-order valence-corrected chi connectivity index (χ4v) is 5.79. The van der Waals surface area contributed by atoms with Crippen LogP contribution >= 0.6 is 0 Å². The molecule has 2 aromatic rings. The Labute approximate surface area is 220 Å². The zero-order valence-electron chi connectivity index (χ0n) is 21.0. The first kappa shape index (κ1) is 25.0. The predicted molar refractivity (Wildman–Crippen MR) is 135 cm³/mol. The number of rotatable bonds is 7. The van der Waals surface area contributed by atoms with Gasteiger partial charge in [0.05, 0.1) is 44.4 Å². The van der Waals surface area contributed by atoms with Crippen LogP contribution in [-0.4, -0.2) is 61.8 Å². The normalized spacial score (nSPS) is 26.2. The molecule has 4 atom stereocenters. The number of aliphatic hydroxyl groups is 1. The maximum atomic E-state index is 13.2. The molecule has 2 aromatic carbocycles. The Balaban J connectivity index is 1.16. The molecule has 2 amide bonds. The molecule has 3 N–H and O–H groups in total. The summed E-state index contributed by atoms with van der Waals surface area (Å²) in [5.41, 5.74) is 2.49. The number of nitrogens with one attached hydrogen (secondary N) is 2. The van der Waals surface area contributed by atoms with Gasteiger partial charge in [-0.3, -0.25) is 9.59 Å². The van der Waals surface area contributed by atoms with Gasteiger partial charge in [0.15, 0.2) is 11.5 Å². The Morgan fingerprint density at radius 1 is 1.11 bits per heavy atom. The number of aliphatic hydroxyl groups excluding tert-OH is 1. The number of carbonyl (C=O) groups is 2. The molecule has 4 heterocycles. The standard InChI is InChI=1S/C28H32N2O8/c31-14-25-27-21(20-10-17(30-28(27)33)2-4-22(20)37-18-5-7-34-8-6-18)11-19(38-25)12-26(32)29-13-16-1-3-23-24(9-16)36-15-35-23/h1-4,9-10,18-19,21,25,27,31H,5-8,11-15H2,(H,29,32)(H,30,33)/t19-,21+,25-,27-/m0/s1. The van der Waals surface area contributed by atoms with E-state index >= 15 is 0 Å². The summed E-state index contributed by atoms with van der Waals surface area (Å²) in [5.74, 6) is 0.867. The number of ether oxygens (including phenoxy) is 5. The van der Waals surface area contributed by atoms with Crippen molar-refractivity contribution in [2.45, 2.75) is 56.5 Å². The van der Waals surface area contributed by atoms with E-state index in [2.05, 4.69) is 10.6 Å². The number of amides is 2. The predicted octanol–water partition coefficient (Wildman–Crippen LogP) is 2.48. The van der Waals surface area contributed by atoms with E-state index in [0.29, 0.717) is 43.4 Å². The lowest BCUT2D eigenvalue weighted by Crippen LogP contribution is -2.48. The molecule has 10 nitrogen and oxygen atoms in total.